The second-order valence-corrected chi connectivity index (χ2v) is 4.22. The molecule has 2 heterocycles. The number of hydrogen-bond acceptors (Lipinski definition) is 4. The lowest BCUT2D eigenvalue weighted by molar-refractivity contribution is 0.0690. The average molecular weight is 236 g/mol. The molecule has 1 saturated heterocycles. The third-order valence-corrected chi connectivity index (χ3v) is 2.91. The molecule has 0 amide bonds. The Kier molecular flexibility index (Phi) is 3.58. The largest absolute Gasteiger partial charge is 0.477 e. The highest BCUT2D eigenvalue weighted by molar-refractivity contribution is 5.85. The number of nitrogens with zero attached hydrogens (tertiary/aromatic N) is 2. The second kappa shape index (κ2) is 5.14. The van der Waals surface area contributed by atoms with Crippen LogP contribution in [0.25, 0.3) is 0 Å². The molecule has 0 radical (unpaired) electrons. The van der Waals surface area contributed by atoms with Gasteiger partial charge in [-0.15, -0.1) is 0 Å². The van der Waals surface area contributed by atoms with E-state index < -0.39 is 5.97 Å². The van der Waals surface area contributed by atoms with E-state index in [4.69, 9.17) is 9.84 Å². The van der Waals surface area contributed by atoms with Gasteiger partial charge in [0.1, 0.15) is 5.69 Å². The van der Waals surface area contributed by atoms with Crippen molar-refractivity contribution in [1.29, 1.82) is 0 Å². The third kappa shape index (κ3) is 2.94. The van der Waals surface area contributed by atoms with Gasteiger partial charge in [0.25, 0.3) is 0 Å². The van der Waals surface area contributed by atoms with E-state index in [1.54, 1.807) is 12.3 Å². The first-order valence-electron chi connectivity index (χ1n) is 5.69. The van der Waals surface area contributed by atoms with Crippen LogP contribution in [0.1, 0.15) is 23.3 Å². The van der Waals surface area contributed by atoms with E-state index in [2.05, 4.69) is 4.98 Å². The first-order chi connectivity index (χ1) is 8.16. The van der Waals surface area contributed by atoms with Crippen LogP contribution in [0.4, 0.5) is 5.69 Å². The summed E-state index contributed by atoms with van der Waals surface area (Å²) in [6.07, 6.45) is 4.07. The number of likely N-dealkylation sites (N-methyl/N-ethyl adjacent to an activating group) is 1. The zero-order chi connectivity index (χ0) is 12.3. The van der Waals surface area contributed by atoms with Crippen molar-refractivity contribution < 1.29 is 14.6 Å². The maximum absolute atomic E-state index is 10.7. The molecule has 1 N–H and O–H groups in total. The van der Waals surface area contributed by atoms with E-state index >= 15 is 0 Å². The molecule has 1 aromatic rings. The summed E-state index contributed by atoms with van der Waals surface area (Å²) in [5, 5.41) is 8.75. The van der Waals surface area contributed by atoms with Gasteiger partial charge in [-0.25, -0.2) is 9.78 Å². The van der Waals surface area contributed by atoms with Gasteiger partial charge in [0, 0.05) is 20.2 Å². The molecule has 2 rings (SSSR count). The summed E-state index contributed by atoms with van der Waals surface area (Å²) in [7, 11) is 1.96. The van der Waals surface area contributed by atoms with E-state index in [0.717, 1.165) is 31.7 Å². The van der Waals surface area contributed by atoms with Crippen molar-refractivity contribution in [3.8, 4) is 0 Å². The van der Waals surface area contributed by atoms with Crippen molar-refractivity contribution in [2.75, 3.05) is 25.1 Å². The standard InChI is InChI=1S/C12H16N2O3/c1-14(8-10-3-2-6-17-10)9-4-5-11(12(15)16)13-7-9/h4-5,7,10H,2-3,6,8H2,1H3,(H,15,16). The van der Waals surface area contributed by atoms with Crippen LogP contribution >= 0.6 is 0 Å². The van der Waals surface area contributed by atoms with Crippen LogP contribution < -0.4 is 4.90 Å². The zero-order valence-corrected chi connectivity index (χ0v) is 9.80. The van der Waals surface area contributed by atoms with E-state index in [1.165, 1.54) is 6.07 Å². The molecule has 0 bridgehead atoms. The van der Waals surface area contributed by atoms with Crippen molar-refractivity contribution in [1.82, 2.24) is 4.98 Å². The molecular formula is C12H16N2O3. The number of carbonyl (C=O) groups is 1. The molecule has 1 unspecified atom stereocenters. The number of rotatable bonds is 4. The van der Waals surface area contributed by atoms with Gasteiger partial charge in [0.15, 0.2) is 0 Å². The molecule has 17 heavy (non-hydrogen) atoms. The SMILES string of the molecule is CN(CC1CCCO1)c1ccc(C(=O)O)nc1. The van der Waals surface area contributed by atoms with Gasteiger partial charge < -0.3 is 14.7 Å². The van der Waals surface area contributed by atoms with E-state index in [9.17, 15) is 4.79 Å². The van der Waals surface area contributed by atoms with Gasteiger partial charge in [0.05, 0.1) is 18.0 Å². The lowest BCUT2D eigenvalue weighted by atomic mass is 10.2. The summed E-state index contributed by atoms with van der Waals surface area (Å²) in [4.78, 5) is 16.6. The molecule has 92 valence electrons. The van der Waals surface area contributed by atoms with Gasteiger partial charge in [-0.2, -0.15) is 0 Å². The first kappa shape index (κ1) is 11.9. The third-order valence-electron chi connectivity index (χ3n) is 2.91. The maximum Gasteiger partial charge on any atom is 0.354 e. The zero-order valence-electron chi connectivity index (χ0n) is 9.80. The Morgan fingerprint density at radius 1 is 1.65 bits per heavy atom. The number of aromatic carboxylic acids is 1. The quantitative estimate of drug-likeness (QED) is 0.856. The van der Waals surface area contributed by atoms with Gasteiger partial charge in [-0.3, -0.25) is 0 Å². The van der Waals surface area contributed by atoms with Crippen molar-refractivity contribution >= 4 is 11.7 Å². The number of anilines is 1. The molecule has 5 heteroatoms. The fourth-order valence-electron chi connectivity index (χ4n) is 1.94. The summed E-state index contributed by atoms with van der Waals surface area (Å²) in [5.74, 6) is -1.00. The molecule has 0 spiro atoms. The number of ether oxygens (including phenoxy) is 1. The highest BCUT2D eigenvalue weighted by Gasteiger charge is 2.17. The number of carboxylic acid groups (broad SMARTS) is 1. The Morgan fingerprint density at radius 2 is 2.47 bits per heavy atom. The van der Waals surface area contributed by atoms with E-state index in [-0.39, 0.29) is 11.8 Å². The van der Waals surface area contributed by atoms with Crippen LogP contribution in [0.15, 0.2) is 18.3 Å². The summed E-state index contributed by atoms with van der Waals surface area (Å²) in [5.41, 5.74) is 0.977. The highest BCUT2D eigenvalue weighted by Crippen LogP contribution is 2.17. The molecule has 1 atom stereocenters. The monoisotopic (exact) mass is 236 g/mol. The normalized spacial score (nSPS) is 19.2. The smallest absolute Gasteiger partial charge is 0.354 e. The number of pyridine rings is 1. The minimum absolute atomic E-state index is 0.0688. The van der Waals surface area contributed by atoms with Gasteiger partial charge in [-0.05, 0) is 25.0 Å². The molecule has 0 aromatic carbocycles. The van der Waals surface area contributed by atoms with Crippen molar-refractivity contribution in [3.63, 3.8) is 0 Å². The van der Waals surface area contributed by atoms with Gasteiger partial charge in [-0.1, -0.05) is 0 Å². The molecule has 1 aromatic heterocycles. The Balaban J connectivity index is 1.98. The van der Waals surface area contributed by atoms with Crippen molar-refractivity contribution in [2.24, 2.45) is 0 Å². The number of aromatic nitrogens is 1. The molecule has 5 nitrogen and oxygen atoms in total. The Bertz CT molecular complexity index is 385. The molecular weight excluding hydrogens is 220 g/mol. The van der Waals surface area contributed by atoms with Crippen LogP contribution in [0.5, 0.6) is 0 Å². The van der Waals surface area contributed by atoms with Gasteiger partial charge >= 0.3 is 5.97 Å². The van der Waals surface area contributed by atoms with Gasteiger partial charge in [0.2, 0.25) is 0 Å². The summed E-state index contributed by atoms with van der Waals surface area (Å²) in [6.45, 7) is 1.66. The predicted octanol–water partition coefficient (Wildman–Crippen LogP) is 1.39. The van der Waals surface area contributed by atoms with E-state index in [1.807, 2.05) is 11.9 Å². The number of hydrogen-bond donors (Lipinski definition) is 1. The lowest BCUT2D eigenvalue weighted by Crippen LogP contribution is -2.28. The highest BCUT2D eigenvalue weighted by atomic mass is 16.5. The Labute approximate surface area is 100 Å². The molecule has 1 fully saturated rings. The second-order valence-electron chi connectivity index (χ2n) is 4.22. The van der Waals surface area contributed by atoms with Crippen LogP contribution in [-0.4, -0.2) is 42.4 Å². The lowest BCUT2D eigenvalue weighted by Gasteiger charge is -2.22. The minimum Gasteiger partial charge on any atom is -0.477 e. The minimum atomic E-state index is -1.00. The molecule has 1 aliphatic heterocycles. The number of carboxylic acids is 1. The maximum atomic E-state index is 10.7. The van der Waals surface area contributed by atoms with Crippen molar-refractivity contribution in [3.05, 3.63) is 24.0 Å². The summed E-state index contributed by atoms with van der Waals surface area (Å²) >= 11 is 0. The molecule has 0 saturated carbocycles. The summed E-state index contributed by atoms with van der Waals surface area (Å²) < 4.78 is 5.55. The van der Waals surface area contributed by atoms with Crippen molar-refractivity contribution in [2.45, 2.75) is 18.9 Å². The Hall–Kier alpha value is -1.62. The topological polar surface area (TPSA) is 62.7 Å². The molecule has 0 aliphatic carbocycles. The Morgan fingerprint density at radius 3 is 3.00 bits per heavy atom. The fraction of sp³-hybridized carbons (Fsp3) is 0.500. The van der Waals surface area contributed by atoms with Crippen LogP contribution in [0.2, 0.25) is 0 Å². The average Bonchev–Trinajstić information content (AvgIpc) is 2.82. The van der Waals surface area contributed by atoms with Crippen LogP contribution in [-0.2, 0) is 4.74 Å². The predicted molar refractivity (Wildman–Crippen MR) is 63.4 cm³/mol. The molecule has 1 aliphatic rings. The van der Waals surface area contributed by atoms with Crippen LogP contribution in [0.3, 0.4) is 0 Å². The van der Waals surface area contributed by atoms with E-state index in [0.29, 0.717) is 0 Å². The first-order valence-corrected chi connectivity index (χ1v) is 5.69. The fourth-order valence-corrected chi connectivity index (χ4v) is 1.94. The summed E-state index contributed by atoms with van der Waals surface area (Å²) in [6, 6.07) is 3.29. The van der Waals surface area contributed by atoms with Crippen LogP contribution in [0, 0.1) is 0 Å².